The van der Waals surface area contributed by atoms with E-state index >= 15 is 0 Å². The van der Waals surface area contributed by atoms with E-state index in [0.717, 1.165) is 18.4 Å². The molecule has 1 saturated carbocycles. The fourth-order valence-corrected chi connectivity index (χ4v) is 3.02. The van der Waals surface area contributed by atoms with E-state index < -0.39 is 0 Å². The highest BCUT2D eigenvalue weighted by Crippen LogP contribution is 2.25. The molecule has 0 atom stereocenters. The zero-order chi connectivity index (χ0) is 19.4. The van der Waals surface area contributed by atoms with E-state index in [0.29, 0.717) is 21.4 Å². The molecule has 3 rings (SSSR count). The van der Waals surface area contributed by atoms with Gasteiger partial charge in [-0.2, -0.15) is 0 Å². The summed E-state index contributed by atoms with van der Waals surface area (Å²) in [5.74, 6) is 0.00131. The van der Waals surface area contributed by atoms with E-state index in [4.69, 9.17) is 27.9 Å². The molecule has 2 aromatic carbocycles. The summed E-state index contributed by atoms with van der Waals surface area (Å²) in [4.78, 5) is 26.1. The lowest BCUT2D eigenvalue weighted by Crippen LogP contribution is -2.39. The van der Waals surface area contributed by atoms with Gasteiger partial charge in [0.25, 0.3) is 5.91 Å². The number of nitrogens with one attached hydrogen (secondary N) is 1. The van der Waals surface area contributed by atoms with Gasteiger partial charge in [0.2, 0.25) is 5.91 Å². The minimum atomic E-state index is -0.279. The van der Waals surface area contributed by atoms with Crippen LogP contribution < -0.4 is 10.1 Å². The summed E-state index contributed by atoms with van der Waals surface area (Å²) in [6.45, 7) is 0.207. The fourth-order valence-electron chi connectivity index (χ4n) is 2.56. The van der Waals surface area contributed by atoms with Crippen LogP contribution in [0.15, 0.2) is 42.5 Å². The predicted octanol–water partition coefficient (Wildman–Crippen LogP) is 3.92. The summed E-state index contributed by atoms with van der Waals surface area (Å²) in [5.41, 5.74) is 1.16. The highest BCUT2D eigenvalue weighted by atomic mass is 35.5. The van der Waals surface area contributed by atoms with Crippen LogP contribution in [0.3, 0.4) is 0 Å². The molecule has 0 radical (unpaired) electrons. The molecule has 2 amide bonds. The van der Waals surface area contributed by atoms with Crippen molar-refractivity contribution >= 4 is 35.0 Å². The Hall–Kier alpha value is -2.24. The summed E-state index contributed by atoms with van der Waals surface area (Å²) >= 11 is 12.1. The Morgan fingerprint density at radius 3 is 2.63 bits per heavy atom. The van der Waals surface area contributed by atoms with E-state index in [1.807, 2.05) is 0 Å². The van der Waals surface area contributed by atoms with Gasteiger partial charge >= 0.3 is 0 Å². The second kappa shape index (κ2) is 8.63. The van der Waals surface area contributed by atoms with Gasteiger partial charge in [0.1, 0.15) is 12.4 Å². The van der Waals surface area contributed by atoms with E-state index in [1.54, 1.807) is 49.5 Å². The molecule has 2 aromatic rings. The first-order valence-corrected chi connectivity index (χ1v) is 9.40. The Kier molecular flexibility index (Phi) is 6.24. The number of nitrogens with zero attached hydrogens (tertiary/aromatic N) is 1. The van der Waals surface area contributed by atoms with Crippen molar-refractivity contribution in [3.05, 3.63) is 63.6 Å². The molecule has 5 nitrogen and oxygen atoms in total. The van der Waals surface area contributed by atoms with Crippen molar-refractivity contribution in [3.8, 4) is 5.75 Å². The maximum absolute atomic E-state index is 12.7. The minimum Gasteiger partial charge on any atom is -0.488 e. The quantitative estimate of drug-likeness (QED) is 0.757. The first-order chi connectivity index (χ1) is 12.9. The maximum atomic E-state index is 12.7. The van der Waals surface area contributed by atoms with Gasteiger partial charge in [-0.15, -0.1) is 0 Å². The number of likely N-dealkylation sites (N-methyl/N-ethyl adjacent to an activating group) is 1. The minimum absolute atomic E-state index is 0.00663. The van der Waals surface area contributed by atoms with E-state index in [1.165, 1.54) is 4.90 Å². The summed E-state index contributed by atoms with van der Waals surface area (Å²) < 4.78 is 5.82. The number of rotatable bonds is 7. The molecule has 0 saturated heterocycles. The van der Waals surface area contributed by atoms with Crippen molar-refractivity contribution in [2.75, 3.05) is 13.6 Å². The molecule has 0 aromatic heterocycles. The van der Waals surface area contributed by atoms with Crippen LogP contribution in [0.4, 0.5) is 0 Å². The average Bonchev–Trinajstić information content (AvgIpc) is 3.44. The van der Waals surface area contributed by atoms with Gasteiger partial charge in [-0.05, 0) is 37.1 Å². The van der Waals surface area contributed by atoms with Gasteiger partial charge < -0.3 is 15.0 Å². The van der Waals surface area contributed by atoms with Crippen LogP contribution in [0, 0.1) is 0 Å². The molecule has 7 heteroatoms. The number of amides is 2. The number of ether oxygens (including phenoxy) is 1. The first kappa shape index (κ1) is 19.5. The van der Waals surface area contributed by atoms with Crippen molar-refractivity contribution < 1.29 is 14.3 Å². The van der Waals surface area contributed by atoms with Gasteiger partial charge in [-0.25, -0.2) is 0 Å². The lowest BCUT2D eigenvalue weighted by atomic mass is 10.1. The van der Waals surface area contributed by atoms with E-state index in [9.17, 15) is 9.59 Å². The normalized spacial score (nSPS) is 13.1. The Morgan fingerprint density at radius 2 is 1.93 bits per heavy atom. The molecule has 1 aliphatic carbocycles. The smallest absolute Gasteiger partial charge is 0.257 e. The van der Waals surface area contributed by atoms with Gasteiger partial charge in [-0.3, -0.25) is 9.59 Å². The largest absolute Gasteiger partial charge is 0.488 e. The Bertz CT molecular complexity index is 853. The van der Waals surface area contributed by atoms with Gasteiger partial charge in [-0.1, -0.05) is 41.4 Å². The molecule has 142 valence electrons. The Balaban J connectivity index is 1.66. The number of benzene rings is 2. The second-order valence-corrected chi connectivity index (χ2v) is 7.37. The monoisotopic (exact) mass is 406 g/mol. The second-order valence-electron chi connectivity index (χ2n) is 6.52. The summed E-state index contributed by atoms with van der Waals surface area (Å²) in [5, 5.41) is 3.92. The van der Waals surface area contributed by atoms with E-state index in [2.05, 4.69) is 5.32 Å². The molecule has 0 bridgehead atoms. The van der Waals surface area contributed by atoms with Crippen LogP contribution in [-0.2, 0) is 11.4 Å². The Morgan fingerprint density at radius 1 is 1.19 bits per heavy atom. The molecular weight excluding hydrogens is 387 g/mol. The average molecular weight is 407 g/mol. The van der Waals surface area contributed by atoms with Crippen LogP contribution in [0.1, 0.15) is 28.8 Å². The molecule has 0 heterocycles. The molecule has 0 unspecified atom stereocenters. The van der Waals surface area contributed by atoms with Gasteiger partial charge in [0, 0.05) is 28.7 Å². The van der Waals surface area contributed by atoms with Crippen molar-refractivity contribution in [1.29, 1.82) is 0 Å². The topological polar surface area (TPSA) is 58.6 Å². The third kappa shape index (κ3) is 5.37. The number of halogens is 2. The van der Waals surface area contributed by atoms with Crippen LogP contribution in [0.5, 0.6) is 5.75 Å². The predicted molar refractivity (Wildman–Crippen MR) is 105 cm³/mol. The van der Waals surface area contributed by atoms with Gasteiger partial charge in [0.05, 0.1) is 12.1 Å². The number of carbonyl (C=O) groups is 2. The van der Waals surface area contributed by atoms with Crippen LogP contribution in [-0.4, -0.2) is 36.3 Å². The molecule has 27 heavy (non-hydrogen) atoms. The zero-order valence-corrected chi connectivity index (χ0v) is 16.4. The maximum Gasteiger partial charge on any atom is 0.257 e. The highest BCUT2D eigenvalue weighted by molar-refractivity contribution is 6.35. The number of hydrogen-bond donors (Lipinski definition) is 1. The van der Waals surface area contributed by atoms with Crippen LogP contribution in [0.25, 0.3) is 0 Å². The van der Waals surface area contributed by atoms with Gasteiger partial charge in [0.15, 0.2) is 0 Å². The molecule has 1 N–H and O–H groups in total. The van der Waals surface area contributed by atoms with Crippen LogP contribution >= 0.6 is 23.2 Å². The standard InChI is InChI=1S/C20H20Cl2N2O3/c1-24(11-19(25)23-15-8-9-15)20(26)16-4-2-3-5-18(16)27-12-13-6-7-14(21)10-17(13)22/h2-7,10,15H,8-9,11-12H2,1H3,(H,23,25). The van der Waals surface area contributed by atoms with Crippen molar-refractivity contribution in [2.45, 2.75) is 25.5 Å². The third-order valence-electron chi connectivity index (χ3n) is 4.19. The first-order valence-electron chi connectivity index (χ1n) is 8.64. The lowest BCUT2D eigenvalue weighted by molar-refractivity contribution is -0.121. The number of carbonyl (C=O) groups excluding carboxylic acids is 2. The molecule has 1 fully saturated rings. The van der Waals surface area contributed by atoms with Crippen LogP contribution in [0.2, 0.25) is 10.0 Å². The Labute approximate surface area is 168 Å². The van der Waals surface area contributed by atoms with E-state index in [-0.39, 0.29) is 31.0 Å². The summed E-state index contributed by atoms with van der Waals surface area (Å²) in [6, 6.07) is 12.4. The summed E-state index contributed by atoms with van der Waals surface area (Å²) in [7, 11) is 1.60. The molecular formula is C20H20Cl2N2O3. The number of hydrogen-bond acceptors (Lipinski definition) is 3. The zero-order valence-electron chi connectivity index (χ0n) is 14.9. The third-order valence-corrected chi connectivity index (χ3v) is 4.77. The SMILES string of the molecule is CN(CC(=O)NC1CC1)C(=O)c1ccccc1OCc1ccc(Cl)cc1Cl. The van der Waals surface area contributed by atoms with Crippen molar-refractivity contribution in [3.63, 3.8) is 0 Å². The lowest BCUT2D eigenvalue weighted by Gasteiger charge is -2.19. The van der Waals surface area contributed by atoms with Crippen molar-refractivity contribution in [1.82, 2.24) is 10.2 Å². The molecule has 1 aliphatic rings. The highest BCUT2D eigenvalue weighted by Gasteiger charge is 2.25. The van der Waals surface area contributed by atoms with Crippen molar-refractivity contribution in [2.24, 2.45) is 0 Å². The number of para-hydroxylation sites is 1. The molecule has 0 aliphatic heterocycles. The summed E-state index contributed by atoms with van der Waals surface area (Å²) in [6.07, 6.45) is 2.01. The fraction of sp³-hybridized carbons (Fsp3) is 0.300. The molecule has 0 spiro atoms.